The maximum Gasteiger partial charge on any atom is 0.325 e. The van der Waals surface area contributed by atoms with Crippen LogP contribution in [-0.4, -0.2) is 18.1 Å². The molecule has 134 valence electrons. The number of nitrogens with one attached hydrogen (secondary N) is 2. The molecule has 2 N–H and O–H groups in total. The topological polar surface area (TPSA) is 72.5 Å². The van der Waals surface area contributed by atoms with E-state index in [0.717, 1.165) is 12.1 Å². The second-order valence-corrected chi connectivity index (χ2v) is 5.82. The van der Waals surface area contributed by atoms with Gasteiger partial charge in [0.25, 0.3) is 0 Å². The van der Waals surface area contributed by atoms with Gasteiger partial charge in [-0.15, -0.1) is 11.3 Å². The molecule has 26 heavy (non-hydrogen) atoms. The molecule has 2 aromatic carbocycles. The van der Waals surface area contributed by atoms with Crippen LogP contribution in [0.1, 0.15) is 0 Å². The van der Waals surface area contributed by atoms with Gasteiger partial charge in [0.2, 0.25) is 5.75 Å². The lowest BCUT2D eigenvalue weighted by Gasteiger charge is -2.15. The Bertz CT molecular complexity index is 920. The smallest absolute Gasteiger partial charge is 0.325 e. The van der Waals surface area contributed by atoms with Gasteiger partial charge in [-0.05, 0) is 24.3 Å². The van der Waals surface area contributed by atoms with Crippen molar-refractivity contribution in [3.05, 3.63) is 59.6 Å². The van der Waals surface area contributed by atoms with Gasteiger partial charge < -0.3 is 14.8 Å². The van der Waals surface area contributed by atoms with E-state index in [2.05, 4.69) is 15.6 Å². The van der Waals surface area contributed by atoms with Gasteiger partial charge in [-0.25, -0.2) is 18.6 Å². The molecule has 9 heteroatoms. The van der Waals surface area contributed by atoms with Crippen LogP contribution in [-0.2, 0) is 0 Å². The summed E-state index contributed by atoms with van der Waals surface area (Å²) in [5, 5.41) is 7.01. The molecule has 0 aliphatic heterocycles. The third kappa shape index (κ3) is 4.06. The molecule has 0 atom stereocenters. The summed E-state index contributed by atoms with van der Waals surface area (Å²) < 4.78 is 38.3. The van der Waals surface area contributed by atoms with Crippen LogP contribution in [0.25, 0.3) is 0 Å². The minimum atomic E-state index is -0.660. The zero-order valence-corrected chi connectivity index (χ0v) is 14.3. The molecule has 2 amide bonds. The van der Waals surface area contributed by atoms with Crippen molar-refractivity contribution < 1.29 is 23.0 Å². The van der Waals surface area contributed by atoms with Crippen LogP contribution in [0.15, 0.2) is 48.0 Å². The Balaban J connectivity index is 1.85. The summed E-state index contributed by atoms with van der Waals surface area (Å²) in [7, 11) is 1.37. The Kier molecular flexibility index (Phi) is 5.28. The highest BCUT2D eigenvalue weighted by molar-refractivity contribution is 7.13. The highest BCUT2D eigenvalue weighted by Gasteiger charge is 2.16. The van der Waals surface area contributed by atoms with Gasteiger partial charge in [0.05, 0.1) is 12.8 Å². The summed E-state index contributed by atoms with van der Waals surface area (Å²) in [4.78, 5) is 16.0. The normalized spacial score (nSPS) is 10.3. The summed E-state index contributed by atoms with van der Waals surface area (Å²) in [5.74, 6) is -1.23. The number of anilines is 2. The largest absolute Gasteiger partial charge is 0.493 e. The molecule has 0 fully saturated rings. The Morgan fingerprint density at radius 1 is 1.15 bits per heavy atom. The first-order valence-electron chi connectivity index (χ1n) is 7.34. The number of carbonyl (C=O) groups is 1. The van der Waals surface area contributed by atoms with Crippen molar-refractivity contribution >= 4 is 28.2 Å². The Morgan fingerprint density at radius 2 is 2.00 bits per heavy atom. The molecule has 6 nitrogen and oxygen atoms in total. The molecule has 0 spiro atoms. The number of para-hydroxylation sites is 1. The van der Waals surface area contributed by atoms with Crippen molar-refractivity contribution in [2.75, 3.05) is 17.7 Å². The van der Waals surface area contributed by atoms with E-state index < -0.39 is 17.7 Å². The van der Waals surface area contributed by atoms with E-state index in [1.54, 1.807) is 5.38 Å². The number of carbonyl (C=O) groups excluding carboxylic acids is 1. The summed E-state index contributed by atoms with van der Waals surface area (Å²) in [6.07, 6.45) is 1.53. The zero-order valence-electron chi connectivity index (χ0n) is 13.5. The number of hydrogen-bond donors (Lipinski definition) is 2. The third-order valence-electron chi connectivity index (χ3n) is 3.21. The average molecular weight is 377 g/mol. The van der Waals surface area contributed by atoms with Crippen molar-refractivity contribution in [2.24, 2.45) is 0 Å². The lowest BCUT2D eigenvalue weighted by atomic mass is 10.2. The molecule has 3 aromatic rings. The maximum atomic E-state index is 14.1. The molecular weight excluding hydrogens is 364 g/mol. The maximum absolute atomic E-state index is 14.1. The second kappa shape index (κ2) is 7.79. The van der Waals surface area contributed by atoms with E-state index in [4.69, 9.17) is 9.47 Å². The van der Waals surface area contributed by atoms with Gasteiger partial charge in [0, 0.05) is 17.6 Å². The fraction of sp³-hybridized carbons (Fsp3) is 0.0588. The highest BCUT2D eigenvalue weighted by Crippen LogP contribution is 2.37. The number of halogens is 2. The number of nitrogens with zero attached hydrogens (tertiary/aromatic N) is 1. The van der Waals surface area contributed by atoms with Crippen LogP contribution in [0.3, 0.4) is 0 Å². The highest BCUT2D eigenvalue weighted by atomic mass is 32.1. The molecule has 3 rings (SSSR count). The minimum absolute atomic E-state index is 0.0179. The molecule has 1 aromatic heterocycles. The fourth-order valence-corrected chi connectivity index (χ4v) is 2.61. The summed E-state index contributed by atoms with van der Waals surface area (Å²) >= 11 is 1.22. The number of thiazole rings is 1. The molecule has 0 saturated heterocycles. The first-order valence-corrected chi connectivity index (χ1v) is 8.22. The van der Waals surface area contributed by atoms with Crippen molar-refractivity contribution in [1.29, 1.82) is 0 Å². The molecule has 0 unspecified atom stereocenters. The van der Waals surface area contributed by atoms with E-state index in [1.165, 1.54) is 48.9 Å². The molecule has 0 saturated carbocycles. The quantitative estimate of drug-likeness (QED) is 0.666. The molecule has 0 radical (unpaired) electrons. The number of methoxy groups -OCH3 is 1. The monoisotopic (exact) mass is 377 g/mol. The van der Waals surface area contributed by atoms with Gasteiger partial charge in [-0.3, -0.25) is 5.32 Å². The lowest BCUT2D eigenvalue weighted by molar-refractivity contribution is 0.262. The molecular formula is C17H13F2N3O3S. The second-order valence-electron chi connectivity index (χ2n) is 4.93. The van der Waals surface area contributed by atoms with Crippen molar-refractivity contribution in [2.45, 2.75) is 0 Å². The van der Waals surface area contributed by atoms with Crippen LogP contribution in [0, 0.1) is 11.6 Å². The SMILES string of the molecule is COc1cccc(F)c1Oc1ccc(F)cc1NC(=O)Nc1nccs1. The number of hydrogen-bond acceptors (Lipinski definition) is 5. The summed E-state index contributed by atoms with van der Waals surface area (Å²) in [5.41, 5.74) is 0.0179. The number of urea groups is 1. The third-order valence-corrected chi connectivity index (χ3v) is 3.89. The van der Waals surface area contributed by atoms with Crippen molar-refractivity contribution in [1.82, 2.24) is 4.98 Å². The predicted octanol–water partition coefficient (Wildman–Crippen LogP) is 4.87. The van der Waals surface area contributed by atoms with Crippen molar-refractivity contribution in [3.8, 4) is 17.2 Å². The number of benzene rings is 2. The van der Waals surface area contributed by atoms with Gasteiger partial charge in [0.15, 0.2) is 22.4 Å². The van der Waals surface area contributed by atoms with E-state index in [-0.39, 0.29) is 22.9 Å². The fourth-order valence-electron chi connectivity index (χ4n) is 2.08. The predicted molar refractivity (Wildman–Crippen MR) is 94.2 cm³/mol. The lowest BCUT2D eigenvalue weighted by Crippen LogP contribution is -2.19. The first-order chi connectivity index (χ1) is 12.6. The number of aromatic nitrogens is 1. The standard InChI is InChI=1S/C17H13F2N3O3S/c1-24-14-4-2-3-11(19)15(14)25-13-6-5-10(18)9-12(13)21-16(23)22-17-20-7-8-26-17/h2-9H,1H3,(H2,20,21,22,23). The van der Waals surface area contributed by atoms with Gasteiger partial charge in [0.1, 0.15) is 5.82 Å². The minimum Gasteiger partial charge on any atom is -0.493 e. The van der Waals surface area contributed by atoms with Crippen LogP contribution < -0.4 is 20.1 Å². The van der Waals surface area contributed by atoms with Crippen molar-refractivity contribution in [3.63, 3.8) is 0 Å². The Hall–Kier alpha value is -3.20. The molecule has 0 aliphatic carbocycles. The van der Waals surface area contributed by atoms with E-state index >= 15 is 0 Å². The van der Waals surface area contributed by atoms with Gasteiger partial charge >= 0.3 is 6.03 Å². The van der Waals surface area contributed by atoms with Crippen LogP contribution in [0.4, 0.5) is 24.4 Å². The molecule has 1 heterocycles. The number of amides is 2. The molecule has 0 aliphatic rings. The van der Waals surface area contributed by atoms with Crippen LogP contribution in [0.5, 0.6) is 17.2 Å². The van der Waals surface area contributed by atoms with E-state index in [0.29, 0.717) is 5.13 Å². The number of rotatable bonds is 5. The van der Waals surface area contributed by atoms with Gasteiger partial charge in [-0.2, -0.15) is 0 Å². The van der Waals surface area contributed by atoms with E-state index in [1.807, 2.05) is 0 Å². The number of ether oxygens (including phenoxy) is 2. The molecule has 0 bridgehead atoms. The van der Waals surface area contributed by atoms with Gasteiger partial charge in [-0.1, -0.05) is 6.07 Å². The zero-order chi connectivity index (χ0) is 18.5. The first kappa shape index (κ1) is 17.6. The average Bonchev–Trinajstić information content (AvgIpc) is 3.11. The van der Waals surface area contributed by atoms with Crippen LogP contribution >= 0.6 is 11.3 Å². The Labute approximate surface area is 151 Å². The van der Waals surface area contributed by atoms with Crippen LogP contribution in [0.2, 0.25) is 0 Å². The summed E-state index contributed by atoms with van der Waals surface area (Å²) in [6.45, 7) is 0. The van der Waals surface area contributed by atoms with E-state index in [9.17, 15) is 13.6 Å². The Morgan fingerprint density at radius 3 is 2.73 bits per heavy atom. The summed E-state index contributed by atoms with van der Waals surface area (Å²) in [6, 6.07) is 7.01.